The summed E-state index contributed by atoms with van der Waals surface area (Å²) < 4.78 is 21.2. The second kappa shape index (κ2) is 15.8. The maximum Gasteiger partial charge on any atom is 0.280 e. The number of amides is 1. The minimum atomic E-state index is -2.17. The summed E-state index contributed by atoms with van der Waals surface area (Å²) in [5, 5.41) is 2.69. The molecule has 4 aromatic carbocycles. The number of morpholine rings is 1. The molecular formula is C43H48N6O5Si. The molecule has 2 N–H and O–H groups in total. The highest BCUT2D eigenvalue weighted by Crippen LogP contribution is 2.45. The third kappa shape index (κ3) is 7.90. The van der Waals surface area contributed by atoms with Crippen molar-refractivity contribution < 1.29 is 18.7 Å². The van der Waals surface area contributed by atoms with Crippen LogP contribution in [0.5, 0.6) is 5.75 Å². The van der Waals surface area contributed by atoms with Crippen LogP contribution in [0.25, 0.3) is 11.2 Å². The van der Waals surface area contributed by atoms with Crippen molar-refractivity contribution in [2.45, 2.75) is 56.8 Å². The van der Waals surface area contributed by atoms with E-state index in [1.807, 2.05) is 36.4 Å². The lowest BCUT2D eigenvalue weighted by atomic mass is 9.75. The number of nitrogens with zero attached hydrogens (tertiary/aromatic N) is 4. The number of imidazole rings is 1. The van der Waals surface area contributed by atoms with Gasteiger partial charge in [0, 0.05) is 13.1 Å². The number of carbonyl (C=O) groups is 1. The zero-order valence-corrected chi connectivity index (χ0v) is 32.9. The van der Waals surface area contributed by atoms with Crippen molar-refractivity contribution >= 4 is 31.3 Å². The predicted molar refractivity (Wildman–Crippen MR) is 217 cm³/mol. The molecule has 55 heavy (non-hydrogen) atoms. The Morgan fingerprint density at radius 1 is 0.855 bits per heavy atom. The van der Waals surface area contributed by atoms with Gasteiger partial charge in [0.05, 0.1) is 24.6 Å². The molecule has 1 fully saturated rings. The van der Waals surface area contributed by atoms with Gasteiger partial charge in [-0.05, 0) is 47.0 Å². The number of benzene rings is 4. The van der Waals surface area contributed by atoms with Gasteiger partial charge >= 0.3 is 0 Å². The smallest absolute Gasteiger partial charge is 0.280 e. The third-order valence-corrected chi connectivity index (χ3v) is 15.2. The zero-order valence-electron chi connectivity index (χ0n) is 31.9. The lowest BCUT2D eigenvalue weighted by Gasteiger charge is -2.51. The third-order valence-electron chi connectivity index (χ3n) is 10.7. The first-order chi connectivity index (χ1) is 26.5. The van der Waals surface area contributed by atoms with Gasteiger partial charge in [-0.25, -0.2) is 4.98 Å². The fourth-order valence-corrected chi connectivity index (χ4v) is 8.01. The number of para-hydroxylation sites is 1. The number of ether oxygens (including phenoxy) is 2. The van der Waals surface area contributed by atoms with E-state index < -0.39 is 31.6 Å². The fraction of sp³-hybridized carbons (Fsp3) is 0.302. The summed E-state index contributed by atoms with van der Waals surface area (Å²) in [4.78, 5) is 40.6. The van der Waals surface area contributed by atoms with Crippen molar-refractivity contribution in [2.24, 2.45) is 0 Å². The summed E-state index contributed by atoms with van der Waals surface area (Å²) in [6, 6.07) is 40.7. The second-order valence-corrected chi connectivity index (χ2v) is 20.2. The van der Waals surface area contributed by atoms with E-state index in [9.17, 15) is 9.59 Å². The molecule has 2 atom stereocenters. The normalized spacial score (nSPS) is 16.9. The average molecular weight is 757 g/mol. The van der Waals surface area contributed by atoms with E-state index in [0.717, 1.165) is 16.7 Å². The molecule has 0 saturated carbocycles. The standard InChI is InChI=1S/C43H48N6O5Si/c1-42(2,3)55(4,5)53-28-35-26-48(43(31-18-10-6-11-19-31,32-20-12-7-13-21-32)33-22-14-8-15-23-33)27-37(54-35)49-30-44-38-39(49)46-41(47-40(38)51)45-36(50)29-52-34-24-16-9-17-25-34/h6-25,30,35,37H,26-29H2,1-5H3,(H2,45,46,47,50,51). The van der Waals surface area contributed by atoms with Crippen LogP contribution in [-0.2, 0) is 19.5 Å². The molecule has 1 aliphatic heterocycles. The van der Waals surface area contributed by atoms with Gasteiger partial charge < -0.3 is 13.9 Å². The quantitative estimate of drug-likeness (QED) is 0.0982. The van der Waals surface area contributed by atoms with Crippen LogP contribution in [0.3, 0.4) is 0 Å². The van der Waals surface area contributed by atoms with Crippen molar-refractivity contribution in [3.8, 4) is 5.75 Å². The second-order valence-electron chi connectivity index (χ2n) is 15.4. The van der Waals surface area contributed by atoms with E-state index in [1.54, 1.807) is 23.0 Å². The summed E-state index contributed by atoms with van der Waals surface area (Å²) in [5.74, 6) is 0.0635. The van der Waals surface area contributed by atoms with E-state index in [-0.39, 0.29) is 34.9 Å². The SMILES string of the molecule is CC(C)(C)[Si](C)(C)OCC1CN(C(c2ccccc2)(c2ccccc2)c2ccccc2)CC(n2cnc3c(=O)[nH]c(NC(=O)COc4ccccc4)nc32)O1. The van der Waals surface area contributed by atoms with Crippen molar-refractivity contribution in [3.05, 3.63) is 155 Å². The van der Waals surface area contributed by atoms with Crippen molar-refractivity contribution in [1.82, 2.24) is 24.4 Å². The molecule has 1 amide bonds. The molecule has 0 radical (unpaired) electrons. The zero-order chi connectivity index (χ0) is 38.6. The molecule has 0 bridgehead atoms. The highest BCUT2D eigenvalue weighted by Gasteiger charge is 2.47. The van der Waals surface area contributed by atoms with Gasteiger partial charge in [-0.3, -0.25) is 29.4 Å². The highest BCUT2D eigenvalue weighted by atomic mass is 28.4. The number of hydrogen-bond acceptors (Lipinski definition) is 8. The molecule has 1 aliphatic rings. The van der Waals surface area contributed by atoms with Crippen molar-refractivity contribution in [1.29, 1.82) is 0 Å². The number of rotatable bonds is 12. The van der Waals surface area contributed by atoms with Gasteiger partial charge in [0.2, 0.25) is 5.95 Å². The Balaban J connectivity index is 1.31. The van der Waals surface area contributed by atoms with Crippen LogP contribution in [0, 0.1) is 0 Å². The van der Waals surface area contributed by atoms with E-state index in [4.69, 9.17) is 18.9 Å². The molecule has 2 unspecified atom stereocenters. The van der Waals surface area contributed by atoms with E-state index >= 15 is 0 Å². The molecule has 0 aliphatic carbocycles. The van der Waals surface area contributed by atoms with Crippen LogP contribution < -0.4 is 15.6 Å². The number of H-pyrrole nitrogens is 1. The highest BCUT2D eigenvalue weighted by molar-refractivity contribution is 6.74. The van der Waals surface area contributed by atoms with Crippen LogP contribution >= 0.6 is 0 Å². The van der Waals surface area contributed by atoms with Crippen LogP contribution in [0.4, 0.5) is 5.95 Å². The number of aromatic nitrogens is 4. The van der Waals surface area contributed by atoms with Gasteiger partial charge in [-0.1, -0.05) is 130 Å². The van der Waals surface area contributed by atoms with Gasteiger partial charge in [-0.15, -0.1) is 0 Å². The Bertz CT molecular complexity index is 2160. The monoisotopic (exact) mass is 756 g/mol. The Hall–Kier alpha value is -5.40. The molecule has 12 heteroatoms. The maximum atomic E-state index is 13.4. The van der Waals surface area contributed by atoms with Crippen LogP contribution in [0.1, 0.15) is 43.7 Å². The molecular weight excluding hydrogens is 709 g/mol. The number of fused-ring (bicyclic) bond motifs is 1. The molecule has 11 nitrogen and oxygen atoms in total. The average Bonchev–Trinajstić information content (AvgIpc) is 3.63. The molecule has 0 spiro atoms. The molecule has 284 valence electrons. The number of aromatic amines is 1. The molecule has 3 heterocycles. The largest absolute Gasteiger partial charge is 0.484 e. The van der Waals surface area contributed by atoms with Gasteiger partial charge in [0.25, 0.3) is 11.5 Å². The van der Waals surface area contributed by atoms with Gasteiger partial charge in [-0.2, -0.15) is 4.98 Å². The Morgan fingerprint density at radius 2 is 1.40 bits per heavy atom. The minimum absolute atomic E-state index is 0.00109. The number of nitrogens with one attached hydrogen (secondary N) is 2. The Kier molecular flexibility index (Phi) is 10.9. The van der Waals surface area contributed by atoms with Gasteiger partial charge in [0.15, 0.2) is 26.1 Å². The molecule has 1 saturated heterocycles. The lowest BCUT2D eigenvalue weighted by Crippen LogP contribution is -2.58. The number of anilines is 1. The predicted octanol–water partition coefficient (Wildman–Crippen LogP) is 7.35. The number of carbonyl (C=O) groups excluding carboxylic acids is 1. The first-order valence-corrected chi connectivity index (χ1v) is 21.5. The summed E-state index contributed by atoms with van der Waals surface area (Å²) in [6.45, 7) is 12.2. The summed E-state index contributed by atoms with van der Waals surface area (Å²) >= 11 is 0. The summed E-state index contributed by atoms with van der Waals surface area (Å²) in [7, 11) is -2.17. The van der Waals surface area contributed by atoms with E-state index in [2.05, 4.69) is 127 Å². The molecule has 6 aromatic rings. The number of hydrogen-bond donors (Lipinski definition) is 2. The van der Waals surface area contributed by atoms with Gasteiger partial charge in [0.1, 0.15) is 12.0 Å². The summed E-state index contributed by atoms with van der Waals surface area (Å²) in [5.41, 5.74) is 2.50. The van der Waals surface area contributed by atoms with Crippen molar-refractivity contribution in [2.75, 3.05) is 31.6 Å². The van der Waals surface area contributed by atoms with Crippen LogP contribution in [0.15, 0.2) is 132 Å². The van der Waals surface area contributed by atoms with Crippen LogP contribution in [-0.4, -0.2) is 71.1 Å². The first-order valence-electron chi connectivity index (χ1n) is 18.6. The van der Waals surface area contributed by atoms with E-state index in [0.29, 0.717) is 25.4 Å². The maximum absolute atomic E-state index is 13.4. The Labute approximate surface area is 322 Å². The molecule has 7 rings (SSSR count). The first kappa shape index (κ1) is 37.9. The van der Waals surface area contributed by atoms with Crippen LogP contribution in [0.2, 0.25) is 18.1 Å². The molecule has 2 aromatic heterocycles. The topological polar surface area (TPSA) is 124 Å². The Morgan fingerprint density at radius 3 is 1.95 bits per heavy atom. The summed E-state index contributed by atoms with van der Waals surface area (Å²) in [6.07, 6.45) is 0.588. The lowest BCUT2D eigenvalue weighted by molar-refractivity contribution is -0.146. The van der Waals surface area contributed by atoms with Crippen molar-refractivity contribution in [3.63, 3.8) is 0 Å². The van der Waals surface area contributed by atoms with E-state index in [1.165, 1.54) is 0 Å². The minimum Gasteiger partial charge on any atom is -0.484 e. The fourth-order valence-electron chi connectivity index (χ4n) is 6.97.